The van der Waals surface area contributed by atoms with Crippen LogP contribution in [0.4, 0.5) is 5.69 Å². The Morgan fingerprint density at radius 3 is 2.38 bits per heavy atom. The molecule has 0 bridgehead atoms. The Bertz CT molecular complexity index is 666. The molecule has 26 heavy (non-hydrogen) atoms. The van der Waals surface area contributed by atoms with E-state index in [0.717, 1.165) is 25.7 Å². The Balaban J connectivity index is 1.99. The van der Waals surface area contributed by atoms with Crippen molar-refractivity contribution >= 4 is 28.5 Å². The highest BCUT2D eigenvalue weighted by Gasteiger charge is 2.31. The van der Waals surface area contributed by atoms with Crippen molar-refractivity contribution in [2.75, 3.05) is 0 Å². The van der Waals surface area contributed by atoms with Gasteiger partial charge in [-0.25, -0.2) is 4.79 Å². The molecule has 2 rings (SSSR count). The van der Waals surface area contributed by atoms with E-state index in [1.54, 1.807) is 0 Å². The molecule has 0 unspecified atom stereocenters. The first-order valence-electron chi connectivity index (χ1n) is 8.83. The lowest BCUT2D eigenvalue weighted by molar-refractivity contribution is -0.384. The first kappa shape index (κ1) is 20.4. The van der Waals surface area contributed by atoms with Crippen molar-refractivity contribution in [1.29, 1.82) is 0 Å². The summed E-state index contributed by atoms with van der Waals surface area (Å²) in [5.41, 5.74) is 0.220. The second-order valence-electron chi connectivity index (χ2n) is 7.58. The van der Waals surface area contributed by atoms with Crippen LogP contribution in [0, 0.1) is 16.0 Å². The molecular weight excluding hydrogens is 354 g/mol. The average molecular weight is 379 g/mol. The molecule has 6 nitrogen and oxygen atoms in total. The second kappa shape index (κ2) is 8.66. The topological polar surface area (TPSA) is 86.5 Å². The molecule has 1 aliphatic carbocycles. The van der Waals surface area contributed by atoms with E-state index in [2.05, 4.69) is 0 Å². The summed E-state index contributed by atoms with van der Waals surface area (Å²) >= 11 is 1.33. The molecule has 1 aliphatic rings. The van der Waals surface area contributed by atoms with Crippen LogP contribution in [0.15, 0.2) is 24.3 Å². The summed E-state index contributed by atoms with van der Waals surface area (Å²) in [6, 6.07) is 5.38. The van der Waals surface area contributed by atoms with Gasteiger partial charge in [0.2, 0.25) is 0 Å². The smallest absolute Gasteiger partial charge is 0.338 e. The van der Waals surface area contributed by atoms with Crippen LogP contribution in [-0.2, 0) is 9.53 Å². The minimum absolute atomic E-state index is 0.0353. The number of hydrogen-bond donors (Lipinski definition) is 0. The Morgan fingerprint density at radius 2 is 1.81 bits per heavy atom. The summed E-state index contributed by atoms with van der Waals surface area (Å²) in [5.74, 6) is -0.458. The van der Waals surface area contributed by atoms with Gasteiger partial charge in [-0.2, -0.15) is 0 Å². The third-order valence-electron chi connectivity index (χ3n) is 4.26. The summed E-state index contributed by atoms with van der Waals surface area (Å²) in [6.07, 6.45) is 3.74. The molecule has 7 heteroatoms. The van der Waals surface area contributed by atoms with Gasteiger partial charge >= 0.3 is 5.97 Å². The van der Waals surface area contributed by atoms with E-state index >= 15 is 0 Å². The van der Waals surface area contributed by atoms with Crippen LogP contribution in [0.25, 0.3) is 0 Å². The molecule has 0 saturated heterocycles. The summed E-state index contributed by atoms with van der Waals surface area (Å²) in [5, 5.41) is 10.8. The molecule has 0 amide bonds. The number of esters is 1. The van der Waals surface area contributed by atoms with Crippen molar-refractivity contribution in [3.05, 3.63) is 39.9 Å². The zero-order valence-corrected chi connectivity index (χ0v) is 16.2. The third-order valence-corrected chi connectivity index (χ3v) is 5.27. The zero-order chi connectivity index (χ0) is 19.3. The van der Waals surface area contributed by atoms with E-state index in [0.29, 0.717) is 6.42 Å². The number of thioether (sulfide) groups is 1. The fraction of sp³-hybridized carbons (Fsp3) is 0.579. The molecule has 1 aromatic carbocycles. The van der Waals surface area contributed by atoms with Gasteiger partial charge in [0, 0.05) is 29.2 Å². The third kappa shape index (κ3) is 6.12. The standard InChI is InChI=1S/C19H25NO5S/c1-19(2,3)26-17(21)12-14-6-4-5-7-16(14)25-18(22)13-8-10-15(11-9-13)20(23)24/h8-11,14,16H,4-7,12H2,1-3H3/t14-,16+/m1/s1. The van der Waals surface area contributed by atoms with Crippen LogP contribution >= 0.6 is 11.8 Å². The van der Waals surface area contributed by atoms with Crippen LogP contribution in [0.1, 0.15) is 63.2 Å². The minimum Gasteiger partial charge on any atom is -0.458 e. The number of carbonyl (C=O) groups is 2. The van der Waals surface area contributed by atoms with Crippen molar-refractivity contribution in [2.45, 2.75) is 63.7 Å². The van der Waals surface area contributed by atoms with Crippen LogP contribution in [0.3, 0.4) is 0 Å². The van der Waals surface area contributed by atoms with Gasteiger partial charge in [-0.1, -0.05) is 39.0 Å². The van der Waals surface area contributed by atoms with E-state index in [9.17, 15) is 19.7 Å². The average Bonchev–Trinajstić information content (AvgIpc) is 2.55. The predicted molar refractivity (Wildman–Crippen MR) is 101 cm³/mol. The molecular formula is C19H25NO5S. The van der Waals surface area contributed by atoms with E-state index in [1.165, 1.54) is 36.0 Å². The zero-order valence-electron chi connectivity index (χ0n) is 15.4. The second-order valence-corrected chi connectivity index (χ2v) is 9.47. The molecule has 2 atom stereocenters. The van der Waals surface area contributed by atoms with Gasteiger partial charge < -0.3 is 4.74 Å². The lowest BCUT2D eigenvalue weighted by atomic mass is 9.84. The monoisotopic (exact) mass is 379 g/mol. The molecule has 0 aliphatic heterocycles. The number of nitrogens with zero attached hydrogens (tertiary/aromatic N) is 1. The lowest BCUT2D eigenvalue weighted by Gasteiger charge is -2.31. The summed E-state index contributed by atoms with van der Waals surface area (Å²) in [7, 11) is 0. The molecule has 1 aromatic rings. The molecule has 0 heterocycles. The lowest BCUT2D eigenvalue weighted by Crippen LogP contribution is -2.31. The van der Waals surface area contributed by atoms with Crippen LogP contribution in [-0.4, -0.2) is 26.9 Å². The minimum atomic E-state index is -0.509. The van der Waals surface area contributed by atoms with Crippen LogP contribution < -0.4 is 0 Å². The molecule has 0 spiro atoms. The highest BCUT2D eigenvalue weighted by molar-refractivity contribution is 8.14. The summed E-state index contributed by atoms with van der Waals surface area (Å²) < 4.78 is 5.52. The largest absolute Gasteiger partial charge is 0.458 e. The Hall–Kier alpha value is -1.89. The normalized spacial score (nSPS) is 20.4. The van der Waals surface area contributed by atoms with Gasteiger partial charge in [0.05, 0.1) is 10.5 Å². The molecule has 1 fully saturated rings. The molecule has 0 radical (unpaired) electrons. The van der Waals surface area contributed by atoms with Gasteiger partial charge in [-0.3, -0.25) is 14.9 Å². The Kier molecular flexibility index (Phi) is 6.81. The molecule has 1 saturated carbocycles. The van der Waals surface area contributed by atoms with E-state index < -0.39 is 10.9 Å². The van der Waals surface area contributed by atoms with Gasteiger partial charge in [0.25, 0.3) is 5.69 Å². The van der Waals surface area contributed by atoms with Gasteiger partial charge in [0.1, 0.15) is 6.10 Å². The number of ether oxygens (including phenoxy) is 1. The number of hydrogen-bond acceptors (Lipinski definition) is 6. The van der Waals surface area contributed by atoms with Gasteiger partial charge in [-0.05, 0) is 31.4 Å². The SMILES string of the molecule is CC(C)(C)SC(=O)C[C@H]1CCCC[C@@H]1OC(=O)c1ccc([N+](=O)[O-])cc1. The summed E-state index contributed by atoms with van der Waals surface area (Å²) in [6.45, 7) is 6.01. The van der Waals surface area contributed by atoms with Crippen molar-refractivity contribution in [3.8, 4) is 0 Å². The van der Waals surface area contributed by atoms with Crippen molar-refractivity contribution in [2.24, 2.45) is 5.92 Å². The Morgan fingerprint density at radius 1 is 1.19 bits per heavy atom. The first-order chi connectivity index (χ1) is 12.2. The van der Waals surface area contributed by atoms with Crippen LogP contribution in [0.2, 0.25) is 0 Å². The maximum atomic E-state index is 12.4. The van der Waals surface area contributed by atoms with Gasteiger partial charge in [0.15, 0.2) is 5.12 Å². The fourth-order valence-corrected chi connectivity index (χ4v) is 4.06. The number of non-ortho nitro benzene ring substituents is 1. The number of carbonyl (C=O) groups excluding carboxylic acids is 2. The van der Waals surface area contributed by atoms with Crippen LogP contribution in [0.5, 0.6) is 0 Å². The maximum Gasteiger partial charge on any atom is 0.338 e. The predicted octanol–water partition coefficient (Wildman–Crippen LogP) is 4.76. The highest BCUT2D eigenvalue weighted by atomic mass is 32.2. The number of benzene rings is 1. The number of nitro benzene ring substituents is 1. The van der Waals surface area contributed by atoms with Gasteiger partial charge in [-0.15, -0.1) is 0 Å². The first-order valence-corrected chi connectivity index (χ1v) is 9.64. The molecule has 0 N–H and O–H groups in total. The van der Waals surface area contributed by atoms with Crippen molar-refractivity contribution in [3.63, 3.8) is 0 Å². The Labute approximate surface area is 157 Å². The van der Waals surface area contributed by atoms with E-state index in [-0.39, 0.29) is 33.1 Å². The fourth-order valence-electron chi connectivity index (χ4n) is 3.08. The van der Waals surface area contributed by atoms with Crippen molar-refractivity contribution < 1.29 is 19.2 Å². The molecule has 142 valence electrons. The highest BCUT2D eigenvalue weighted by Crippen LogP contribution is 2.34. The quantitative estimate of drug-likeness (QED) is 0.416. The number of rotatable bonds is 5. The van der Waals surface area contributed by atoms with E-state index in [1.807, 2.05) is 20.8 Å². The molecule has 0 aromatic heterocycles. The van der Waals surface area contributed by atoms with E-state index in [4.69, 9.17) is 4.74 Å². The number of nitro groups is 1. The maximum absolute atomic E-state index is 12.4. The summed E-state index contributed by atoms with van der Waals surface area (Å²) in [4.78, 5) is 34.9. The van der Waals surface area contributed by atoms with Crippen molar-refractivity contribution in [1.82, 2.24) is 0 Å².